The molecule has 0 aliphatic carbocycles. The summed E-state index contributed by atoms with van der Waals surface area (Å²) in [6.45, 7) is 13.9. The van der Waals surface area contributed by atoms with Crippen LogP contribution in [-0.2, 0) is 5.54 Å². The van der Waals surface area contributed by atoms with Crippen LogP contribution in [0.4, 0.5) is 11.6 Å². The molecule has 1 saturated heterocycles. The molecule has 0 bridgehead atoms. The number of hydrogen-bond acceptors (Lipinski definition) is 7. The summed E-state index contributed by atoms with van der Waals surface area (Å²) < 4.78 is 1.92. The van der Waals surface area contributed by atoms with Crippen LogP contribution in [0.1, 0.15) is 62.7 Å². The van der Waals surface area contributed by atoms with Crippen LogP contribution in [-0.4, -0.2) is 39.2 Å². The molecule has 3 aromatic heterocycles. The van der Waals surface area contributed by atoms with E-state index in [2.05, 4.69) is 60.2 Å². The zero-order valence-electron chi connectivity index (χ0n) is 18.6. The number of nitrogens with zero attached hydrogens (tertiary/aromatic N) is 4. The molecule has 0 radical (unpaired) electrons. The van der Waals surface area contributed by atoms with Crippen LogP contribution >= 0.6 is 11.3 Å². The van der Waals surface area contributed by atoms with Gasteiger partial charge in [0.25, 0.3) is 0 Å². The second-order valence-corrected chi connectivity index (χ2v) is 9.99. The second kappa shape index (κ2) is 8.51. The van der Waals surface area contributed by atoms with Crippen molar-refractivity contribution in [2.45, 2.75) is 58.9 Å². The molecule has 1 fully saturated rings. The van der Waals surface area contributed by atoms with Gasteiger partial charge in [-0.3, -0.25) is 0 Å². The number of hydrogen-bond donors (Lipinski definition) is 3. The lowest BCUT2D eigenvalue weighted by atomic mass is 9.98. The molecule has 0 aromatic carbocycles. The van der Waals surface area contributed by atoms with E-state index in [0.29, 0.717) is 11.8 Å². The molecular formula is C22H33N7S. The Labute approximate surface area is 182 Å². The maximum absolute atomic E-state index is 4.93. The monoisotopic (exact) mass is 427 g/mol. The van der Waals surface area contributed by atoms with Crippen molar-refractivity contribution < 1.29 is 0 Å². The van der Waals surface area contributed by atoms with Crippen molar-refractivity contribution >= 4 is 28.6 Å². The molecule has 30 heavy (non-hydrogen) atoms. The summed E-state index contributed by atoms with van der Waals surface area (Å²) in [6, 6.07) is 2.08. The number of aromatic nitrogens is 4. The second-order valence-electron chi connectivity index (χ2n) is 9.13. The minimum Gasteiger partial charge on any atom is -0.370 e. The predicted molar refractivity (Wildman–Crippen MR) is 125 cm³/mol. The van der Waals surface area contributed by atoms with Gasteiger partial charge in [0.15, 0.2) is 5.65 Å². The molecule has 7 nitrogen and oxygen atoms in total. The fraction of sp³-hybridized carbons (Fsp3) is 0.591. The molecule has 4 rings (SSSR count). The van der Waals surface area contributed by atoms with Crippen LogP contribution in [0.3, 0.4) is 0 Å². The summed E-state index contributed by atoms with van der Waals surface area (Å²) >= 11 is 1.68. The molecule has 1 aliphatic rings. The van der Waals surface area contributed by atoms with Crippen LogP contribution in [0.25, 0.3) is 5.65 Å². The minimum absolute atomic E-state index is 0.316. The summed E-state index contributed by atoms with van der Waals surface area (Å²) in [5.41, 5.74) is 2.80. The van der Waals surface area contributed by atoms with Crippen molar-refractivity contribution in [3.63, 3.8) is 0 Å². The smallest absolute Gasteiger partial charge is 0.163 e. The highest BCUT2D eigenvalue weighted by Gasteiger charge is 2.26. The Balaban J connectivity index is 1.66. The summed E-state index contributed by atoms with van der Waals surface area (Å²) in [7, 11) is 0. The van der Waals surface area contributed by atoms with Gasteiger partial charge in [0.05, 0.1) is 11.7 Å². The standard InChI is InChI=1S/C22H33N7S/c1-14(2)17-12-25-29-19(28-22(4,5)21-26-15(3)13-30-21)10-18(27-20(17)29)24-11-16-6-8-23-9-7-16/h10,12-14,16,23,28H,6-9,11H2,1-5H3,(H,24,27). The van der Waals surface area contributed by atoms with Crippen molar-refractivity contribution in [2.75, 3.05) is 30.3 Å². The van der Waals surface area contributed by atoms with E-state index < -0.39 is 0 Å². The number of nitrogens with one attached hydrogen (secondary N) is 3. The third-order valence-corrected chi connectivity index (χ3v) is 7.03. The molecular weight excluding hydrogens is 394 g/mol. The first kappa shape index (κ1) is 21.1. The van der Waals surface area contributed by atoms with Crippen LogP contribution in [0.5, 0.6) is 0 Å². The zero-order valence-corrected chi connectivity index (χ0v) is 19.4. The van der Waals surface area contributed by atoms with Gasteiger partial charge in [-0.25, -0.2) is 9.97 Å². The van der Waals surface area contributed by atoms with E-state index in [9.17, 15) is 0 Å². The SMILES string of the molecule is Cc1csc(C(C)(C)Nc2cc(NCC3CCNCC3)nc3c(C(C)C)cnn23)n1. The first-order valence-electron chi connectivity index (χ1n) is 10.9. The van der Waals surface area contributed by atoms with E-state index in [1.807, 2.05) is 17.6 Å². The van der Waals surface area contributed by atoms with Gasteiger partial charge < -0.3 is 16.0 Å². The minimum atomic E-state index is -0.316. The summed E-state index contributed by atoms with van der Waals surface area (Å²) in [6.07, 6.45) is 4.36. The van der Waals surface area contributed by atoms with Crippen molar-refractivity contribution in [3.8, 4) is 0 Å². The molecule has 0 spiro atoms. The molecule has 0 atom stereocenters. The van der Waals surface area contributed by atoms with Gasteiger partial charge in [-0.1, -0.05) is 13.8 Å². The molecule has 8 heteroatoms. The Hall–Kier alpha value is -2.19. The van der Waals surface area contributed by atoms with Crippen molar-refractivity contribution in [1.29, 1.82) is 0 Å². The average molecular weight is 428 g/mol. The summed E-state index contributed by atoms with van der Waals surface area (Å²) in [5.74, 6) is 2.87. The van der Waals surface area contributed by atoms with Gasteiger partial charge in [-0.05, 0) is 58.5 Å². The molecule has 3 N–H and O–H groups in total. The highest BCUT2D eigenvalue weighted by atomic mass is 32.1. The first-order valence-corrected chi connectivity index (χ1v) is 11.8. The lowest BCUT2D eigenvalue weighted by molar-refractivity contribution is 0.389. The Morgan fingerprint density at radius 1 is 1.27 bits per heavy atom. The number of fused-ring (bicyclic) bond motifs is 1. The number of anilines is 2. The van der Waals surface area contributed by atoms with Crippen LogP contribution in [0.15, 0.2) is 17.6 Å². The van der Waals surface area contributed by atoms with Crippen molar-refractivity contribution in [2.24, 2.45) is 5.92 Å². The van der Waals surface area contributed by atoms with Crippen molar-refractivity contribution in [1.82, 2.24) is 24.9 Å². The quantitative estimate of drug-likeness (QED) is 0.519. The Kier molecular flexibility index (Phi) is 5.97. The normalized spacial score (nSPS) is 15.8. The van der Waals surface area contributed by atoms with Crippen LogP contribution < -0.4 is 16.0 Å². The molecule has 1 aliphatic heterocycles. The zero-order chi connectivity index (χ0) is 21.3. The van der Waals surface area contributed by atoms with Crippen LogP contribution in [0, 0.1) is 12.8 Å². The summed E-state index contributed by atoms with van der Waals surface area (Å²) in [4.78, 5) is 9.63. The van der Waals surface area contributed by atoms with E-state index in [1.165, 1.54) is 12.8 Å². The average Bonchev–Trinajstić information content (AvgIpc) is 3.34. The van der Waals surface area contributed by atoms with Gasteiger partial charge in [-0.2, -0.15) is 9.61 Å². The van der Waals surface area contributed by atoms with E-state index in [1.54, 1.807) is 11.3 Å². The fourth-order valence-electron chi connectivity index (χ4n) is 3.92. The molecule has 162 valence electrons. The van der Waals surface area contributed by atoms with Crippen LogP contribution in [0.2, 0.25) is 0 Å². The van der Waals surface area contributed by atoms with E-state index in [0.717, 1.165) is 53.2 Å². The highest BCUT2D eigenvalue weighted by Crippen LogP contribution is 2.31. The Morgan fingerprint density at radius 3 is 2.70 bits per heavy atom. The fourth-order valence-corrected chi connectivity index (χ4v) is 4.79. The maximum Gasteiger partial charge on any atom is 0.163 e. The predicted octanol–water partition coefficient (Wildman–Crippen LogP) is 4.38. The van der Waals surface area contributed by atoms with E-state index in [-0.39, 0.29) is 5.54 Å². The lowest BCUT2D eigenvalue weighted by Crippen LogP contribution is -2.31. The molecule has 0 saturated carbocycles. The molecule has 0 amide bonds. The summed E-state index contributed by atoms with van der Waals surface area (Å²) in [5, 5.41) is 18.5. The molecule has 3 aromatic rings. The third-order valence-electron chi connectivity index (χ3n) is 5.75. The van der Waals surface area contributed by atoms with E-state index >= 15 is 0 Å². The third kappa shape index (κ3) is 4.44. The Morgan fingerprint density at radius 2 is 2.03 bits per heavy atom. The number of aryl methyl sites for hydroxylation is 1. The van der Waals surface area contributed by atoms with Gasteiger partial charge in [0.1, 0.15) is 16.6 Å². The number of thiazole rings is 1. The van der Waals surface area contributed by atoms with E-state index in [4.69, 9.17) is 9.97 Å². The molecule has 4 heterocycles. The topological polar surface area (TPSA) is 79.2 Å². The lowest BCUT2D eigenvalue weighted by Gasteiger charge is -2.26. The van der Waals surface area contributed by atoms with Gasteiger partial charge in [0.2, 0.25) is 0 Å². The maximum atomic E-state index is 4.93. The Bertz CT molecular complexity index is 998. The highest BCUT2D eigenvalue weighted by molar-refractivity contribution is 7.09. The van der Waals surface area contributed by atoms with Gasteiger partial charge in [0, 0.05) is 29.2 Å². The number of rotatable bonds is 7. The van der Waals surface area contributed by atoms with Crippen molar-refractivity contribution in [3.05, 3.63) is 33.9 Å². The largest absolute Gasteiger partial charge is 0.370 e. The van der Waals surface area contributed by atoms with Gasteiger partial charge >= 0.3 is 0 Å². The van der Waals surface area contributed by atoms with Gasteiger partial charge in [-0.15, -0.1) is 11.3 Å². The first-order chi connectivity index (χ1) is 14.3. The number of piperidine rings is 1. The molecule has 0 unspecified atom stereocenters.